The maximum atomic E-state index is 5.15. The van der Waals surface area contributed by atoms with Gasteiger partial charge in [0, 0.05) is 56.0 Å². The minimum Gasteiger partial charge on any atom is -0.309 e. The van der Waals surface area contributed by atoms with Gasteiger partial charge in [-0.15, -0.1) is 0 Å². The smallest absolute Gasteiger partial charge is 0.160 e. The summed E-state index contributed by atoms with van der Waals surface area (Å²) in [6.07, 6.45) is 1.88. The Hall–Kier alpha value is -7.63. The molecule has 4 aromatic heterocycles. The predicted molar refractivity (Wildman–Crippen MR) is 230 cm³/mol. The number of hydrogen-bond donors (Lipinski definition) is 0. The topological polar surface area (TPSA) is 48.5 Å². The summed E-state index contributed by atoms with van der Waals surface area (Å²) in [7, 11) is 0. The normalized spacial score (nSPS) is 11.6. The Morgan fingerprint density at radius 1 is 0.357 bits per heavy atom. The van der Waals surface area contributed by atoms with Gasteiger partial charge in [-0.25, -0.2) is 9.97 Å². The molecule has 5 nitrogen and oxygen atoms in total. The third kappa shape index (κ3) is 5.21. The quantitative estimate of drug-likeness (QED) is 0.172. The maximum Gasteiger partial charge on any atom is 0.160 e. The van der Waals surface area contributed by atoms with Crippen LogP contribution in [0.2, 0.25) is 0 Å². The molecule has 11 rings (SSSR count). The summed E-state index contributed by atoms with van der Waals surface area (Å²) in [6.45, 7) is 0. The molecular formula is C51H33N5. The van der Waals surface area contributed by atoms with Gasteiger partial charge in [-0.3, -0.25) is 4.98 Å². The van der Waals surface area contributed by atoms with E-state index in [1.165, 1.54) is 27.4 Å². The van der Waals surface area contributed by atoms with Crippen LogP contribution in [0.3, 0.4) is 0 Å². The minimum atomic E-state index is 0.673. The van der Waals surface area contributed by atoms with Gasteiger partial charge in [0.15, 0.2) is 5.82 Å². The molecule has 0 aliphatic rings. The summed E-state index contributed by atoms with van der Waals surface area (Å²) < 4.78 is 4.73. The van der Waals surface area contributed by atoms with Crippen LogP contribution >= 0.6 is 0 Å². The fraction of sp³-hybridized carbons (Fsp3) is 0. The molecule has 5 heteroatoms. The molecule has 0 saturated carbocycles. The highest BCUT2D eigenvalue weighted by atomic mass is 15.0. The van der Waals surface area contributed by atoms with Gasteiger partial charge >= 0.3 is 0 Å². The van der Waals surface area contributed by atoms with Crippen LogP contribution in [0.25, 0.3) is 100 Å². The highest BCUT2D eigenvalue weighted by molar-refractivity contribution is 6.15. The lowest BCUT2D eigenvalue weighted by atomic mass is 10.0. The SMILES string of the molecule is c1ccc(-c2cc(-c3ccccc3)nc(-c3cccc(-n4c5cc(-c6cccc7c8ccccc8n(-c8ccccc8)c67)ccc5c5ncccc54)c3)n2)cc1. The molecule has 0 fully saturated rings. The second-order valence-electron chi connectivity index (χ2n) is 14.1. The van der Waals surface area contributed by atoms with Crippen LogP contribution in [0, 0.1) is 0 Å². The largest absolute Gasteiger partial charge is 0.309 e. The first-order chi connectivity index (χ1) is 27.8. The van der Waals surface area contributed by atoms with Crippen molar-refractivity contribution in [1.82, 2.24) is 24.1 Å². The van der Waals surface area contributed by atoms with E-state index in [1.807, 2.05) is 48.7 Å². The monoisotopic (exact) mass is 715 g/mol. The minimum absolute atomic E-state index is 0.673. The molecule has 0 saturated heterocycles. The summed E-state index contributed by atoms with van der Waals surface area (Å²) >= 11 is 0. The number of nitrogens with zero attached hydrogens (tertiary/aromatic N) is 5. The first kappa shape index (κ1) is 31.9. The van der Waals surface area contributed by atoms with Crippen molar-refractivity contribution in [1.29, 1.82) is 0 Å². The zero-order valence-electron chi connectivity index (χ0n) is 30.3. The highest BCUT2D eigenvalue weighted by Gasteiger charge is 2.20. The van der Waals surface area contributed by atoms with Crippen LogP contribution in [0.15, 0.2) is 200 Å². The molecule has 0 radical (unpaired) electrons. The molecule has 11 aromatic rings. The second-order valence-corrected chi connectivity index (χ2v) is 14.1. The highest BCUT2D eigenvalue weighted by Crippen LogP contribution is 2.40. The molecule has 0 atom stereocenters. The number of para-hydroxylation sites is 3. The number of hydrogen-bond acceptors (Lipinski definition) is 3. The molecule has 0 amide bonds. The Kier molecular flexibility index (Phi) is 7.42. The van der Waals surface area contributed by atoms with E-state index < -0.39 is 0 Å². The van der Waals surface area contributed by atoms with Crippen molar-refractivity contribution < 1.29 is 0 Å². The van der Waals surface area contributed by atoms with Crippen molar-refractivity contribution in [3.05, 3.63) is 200 Å². The van der Waals surface area contributed by atoms with Crippen LogP contribution < -0.4 is 0 Å². The molecule has 7 aromatic carbocycles. The number of benzene rings is 7. The lowest BCUT2D eigenvalue weighted by Gasteiger charge is -2.13. The van der Waals surface area contributed by atoms with Crippen molar-refractivity contribution in [2.24, 2.45) is 0 Å². The van der Waals surface area contributed by atoms with E-state index in [0.29, 0.717) is 5.82 Å². The van der Waals surface area contributed by atoms with Crippen molar-refractivity contribution in [3.8, 4) is 56.4 Å². The number of pyridine rings is 1. The van der Waals surface area contributed by atoms with Crippen LogP contribution in [0.1, 0.15) is 0 Å². The Balaban J connectivity index is 1.12. The fourth-order valence-electron chi connectivity index (χ4n) is 8.25. The van der Waals surface area contributed by atoms with Crippen molar-refractivity contribution in [2.45, 2.75) is 0 Å². The molecule has 0 unspecified atom stereocenters. The van der Waals surface area contributed by atoms with E-state index in [0.717, 1.165) is 67.0 Å². The zero-order chi connectivity index (χ0) is 37.0. The molecular weight excluding hydrogens is 683 g/mol. The summed E-state index contributed by atoms with van der Waals surface area (Å²) in [5.74, 6) is 0.673. The van der Waals surface area contributed by atoms with Gasteiger partial charge in [0.25, 0.3) is 0 Å². The van der Waals surface area contributed by atoms with Gasteiger partial charge in [-0.2, -0.15) is 0 Å². The predicted octanol–water partition coefficient (Wildman–Crippen LogP) is 12.7. The van der Waals surface area contributed by atoms with Gasteiger partial charge < -0.3 is 9.13 Å². The molecule has 0 aliphatic carbocycles. The zero-order valence-corrected chi connectivity index (χ0v) is 30.3. The molecule has 262 valence electrons. The summed E-state index contributed by atoms with van der Waals surface area (Å²) in [5, 5.41) is 3.56. The maximum absolute atomic E-state index is 5.15. The number of fused-ring (bicyclic) bond motifs is 6. The van der Waals surface area contributed by atoms with E-state index in [9.17, 15) is 0 Å². The lowest BCUT2D eigenvalue weighted by molar-refractivity contribution is 1.15. The average molecular weight is 716 g/mol. The first-order valence-corrected chi connectivity index (χ1v) is 18.9. The van der Waals surface area contributed by atoms with E-state index in [2.05, 4.69) is 161 Å². The van der Waals surface area contributed by atoms with Crippen molar-refractivity contribution >= 4 is 43.7 Å². The van der Waals surface area contributed by atoms with Crippen LogP contribution in [-0.4, -0.2) is 24.1 Å². The molecule has 0 spiro atoms. The van der Waals surface area contributed by atoms with Crippen molar-refractivity contribution in [3.63, 3.8) is 0 Å². The fourth-order valence-corrected chi connectivity index (χ4v) is 8.25. The Morgan fingerprint density at radius 2 is 0.982 bits per heavy atom. The van der Waals surface area contributed by atoms with Crippen LogP contribution in [0.5, 0.6) is 0 Å². The van der Waals surface area contributed by atoms with Crippen LogP contribution in [-0.2, 0) is 0 Å². The third-order valence-corrected chi connectivity index (χ3v) is 10.8. The van der Waals surface area contributed by atoms with Gasteiger partial charge in [0.1, 0.15) is 0 Å². The molecule has 0 bridgehead atoms. The van der Waals surface area contributed by atoms with E-state index >= 15 is 0 Å². The first-order valence-electron chi connectivity index (χ1n) is 18.9. The van der Waals surface area contributed by atoms with Crippen LogP contribution in [0.4, 0.5) is 0 Å². The van der Waals surface area contributed by atoms with Gasteiger partial charge in [0.05, 0.1) is 39.0 Å². The Bertz CT molecular complexity index is 3180. The Labute approximate surface area is 323 Å². The molecule has 56 heavy (non-hydrogen) atoms. The second kappa shape index (κ2) is 13.0. The summed E-state index contributed by atoms with van der Waals surface area (Å²) in [4.78, 5) is 15.2. The van der Waals surface area contributed by atoms with Gasteiger partial charge in [-0.1, -0.05) is 133 Å². The van der Waals surface area contributed by atoms with Gasteiger partial charge in [-0.05, 0) is 66.2 Å². The van der Waals surface area contributed by atoms with E-state index in [-0.39, 0.29) is 0 Å². The number of aromatic nitrogens is 5. The van der Waals surface area contributed by atoms with Crippen molar-refractivity contribution in [2.75, 3.05) is 0 Å². The third-order valence-electron chi connectivity index (χ3n) is 10.8. The molecule has 0 N–H and O–H groups in total. The van der Waals surface area contributed by atoms with E-state index in [4.69, 9.17) is 15.0 Å². The lowest BCUT2D eigenvalue weighted by Crippen LogP contribution is -1.98. The summed E-state index contributed by atoms with van der Waals surface area (Å²) in [5.41, 5.74) is 14.7. The Morgan fingerprint density at radius 3 is 1.75 bits per heavy atom. The molecule has 0 aliphatic heterocycles. The van der Waals surface area contributed by atoms with Gasteiger partial charge in [0.2, 0.25) is 0 Å². The summed E-state index contributed by atoms with van der Waals surface area (Å²) in [6, 6.07) is 68.3. The van der Waals surface area contributed by atoms with E-state index in [1.54, 1.807) is 0 Å². The molecule has 4 heterocycles. The average Bonchev–Trinajstić information content (AvgIpc) is 3.80. The standard InChI is InChI=1S/C51H33N5/c1-4-15-34(16-5-1)44-33-45(35-17-6-2-7-18-35)54-51(53-44)37-19-12-22-39(31-37)55-47-27-14-30-52-49(47)43-29-28-36(32-48(43)55)40-24-13-25-42-41-23-10-11-26-46(41)56(50(40)42)38-20-8-3-9-21-38/h1-33H. The number of rotatable bonds is 6.